The highest BCUT2D eigenvalue weighted by atomic mass is 19.3. The zero-order valence-electron chi connectivity index (χ0n) is 34.6. The van der Waals surface area contributed by atoms with Crippen LogP contribution in [0.15, 0.2) is 60.8 Å². The van der Waals surface area contributed by atoms with Crippen LogP contribution in [-0.2, 0) is 31.1 Å². The number of aryl methyl sites for hydroxylation is 1. The maximum Gasteiger partial charge on any atom is 0.425 e. The SMILES string of the molecule is Cc1cc(C(C)(Nc2ccc3c(N(C(=O)OC(C)(C)C)C(=O)OC(C)(C)C)ncc(F)c3c2)C(=O)NCc2cc(N)ccc2[C@H](CC(F)F)C(=O)O)ccc1[C@@H](C)CO. The second-order valence-electron chi connectivity index (χ2n) is 16.5. The quantitative estimate of drug-likeness (QED) is 0.0812. The van der Waals surface area contributed by atoms with Crippen molar-refractivity contribution in [1.82, 2.24) is 10.3 Å². The van der Waals surface area contributed by atoms with Gasteiger partial charge in [-0.2, -0.15) is 4.90 Å². The summed E-state index contributed by atoms with van der Waals surface area (Å²) in [6.45, 7) is 14.4. The third-order valence-electron chi connectivity index (χ3n) is 9.38. The lowest BCUT2D eigenvalue weighted by molar-refractivity contribution is -0.139. The molecule has 0 radical (unpaired) electrons. The number of aliphatic hydroxyl groups is 1. The molecule has 1 heterocycles. The van der Waals surface area contributed by atoms with Gasteiger partial charge in [0.1, 0.15) is 22.6 Å². The smallest absolute Gasteiger partial charge is 0.425 e. The fraction of sp³-hybridized carbons (Fsp3) is 0.419. The average Bonchev–Trinajstić information content (AvgIpc) is 3.12. The lowest BCUT2D eigenvalue weighted by Gasteiger charge is -2.32. The molecular weight excluding hydrogens is 771 g/mol. The normalized spacial score (nSPS) is 13.9. The molecule has 16 heteroatoms. The lowest BCUT2D eigenvalue weighted by Crippen LogP contribution is -2.47. The molecule has 0 aliphatic rings. The topological polar surface area (TPSA) is 193 Å². The van der Waals surface area contributed by atoms with Crippen molar-refractivity contribution >= 4 is 52.0 Å². The first-order valence-electron chi connectivity index (χ1n) is 18.9. The van der Waals surface area contributed by atoms with Gasteiger partial charge in [-0.1, -0.05) is 31.2 Å². The van der Waals surface area contributed by atoms with Crippen molar-refractivity contribution < 1.29 is 52.0 Å². The maximum absolute atomic E-state index is 15.7. The Labute approximate surface area is 341 Å². The number of carboxylic acids is 1. The number of amides is 3. The molecule has 3 atom stereocenters. The third-order valence-corrected chi connectivity index (χ3v) is 9.38. The number of hydrogen-bond acceptors (Lipinski definition) is 10. The molecule has 0 fully saturated rings. The Balaban J connectivity index is 1.83. The predicted octanol–water partition coefficient (Wildman–Crippen LogP) is 8.50. The number of fused-ring (bicyclic) bond motifs is 1. The van der Waals surface area contributed by atoms with Gasteiger partial charge in [-0.25, -0.2) is 27.7 Å². The number of hydrogen-bond donors (Lipinski definition) is 5. The summed E-state index contributed by atoms with van der Waals surface area (Å²) in [5, 5.41) is 25.6. The van der Waals surface area contributed by atoms with Gasteiger partial charge in [0.15, 0.2) is 5.82 Å². The number of nitrogens with zero attached hydrogens (tertiary/aromatic N) is 2. The van der Waals surface area contributed by atoms with E-state index in [0.717, 1.165) is 17.3 Å². The van der Waals surface area contributed by atoms with Gasteiger partial charge in [-0.3, -0.25) is 9.59 Å². The van der Waals surface area contributed by atoms with Crippen LogP contribution in [0.5, 0.6) is 0 Å². The second-order valence-corrected chi connectivity index (χ2v) is 16.5. The molecule has 4 aromatic rings. The maximum atomic E-state index is 15.7. The van der Waals surface area contributed by atoms with Crippen molar-refractivity contribution in [3.63, 3.8) is 0 Å². The van der Waals surface area contributed by atoms with Gasteiger partial charge in [-0.15, -0.1) is 0 Å². The molecule has 0 saturated heterocycles. The number of halogens is 3. The number of alkyl halides is 2. The molecule has 0 bridgehead atoms. The standard InChI is InChI=1S/C43H52F3N5O8/c1-23-16-26(10-13-29(23)24(2)22-52)43(9,38(55)49-20-25-17-27(47)11-14-30(25)33(37(53)54)19-35(45)46)50-28-12-15-31-32(18-28)34(44)21-48-36(31)51(39(56)58-41(3,4)5)40(57)59-42(6,7)8/h10-18,21,24,33,35,50,52H,19-20,22,47H2,1-9H3,(H,49,55)(H,53,54)/t24-,33-,43?/m0/s1. The van der Waals surface area contributed by atoms with Crippen LogP contribution in [0.25, 0.3) is 10.8 Å². The molecule has 6 N–H and O–H groups in total. The molecule has 0 aliphatic heterocycles. The monoisotopic (exact) mass is 823 g/mol. The lowest BCUT2D eigenvalue weighted by atomic mass is 9.86. The molecule has 318 valence electrons. The minimum atomic E-state index is -2.92. The van der Waals surface area contributed by atoms with Crippen LogP contribution in [0, 0.1) is 12.7 Å². The van der Waals surface area contributed by atoms with E-state index in [1.165, 1.54) is 36.4 Å². The molecule has 3 amide bonds. The van der Waals surface area contributed by atoms with Gasteiger partial charge in [-0.05, 0) is 114 Å². The number of ether oxygens (including phenoxy) is 2. The predicted molar refractivity (Wildman–Crippen MR) is 218 cm³/mol. The number of nitrogens with two attached hydrogens (primary N) is 1. The molecule has 0 aliphatic carbocycles. The highest BCUT2D eigenvalue weighted by Gasteiger charge is 2.38. The van der Waals surface area contributed by atoms with Gasteiger partial charge in [0.05, 0.1) is 12.1 Å². The summed E-state index contributed by atoms with van der Waals surface area (Å²) in [6, 6.07) is 13.7. The summed E-state index contributed by atoms with van der Waals surface area (Å²) in [4.78, 5) is 58.2. The van der Waals surface area contributed by atoms with E-state index in [2.05, 4.69) is 15.6 Å². The van der Waals surface area contributed by atoms with E-state index in [4.69, 9.17) is 15.2 Å². The van der Waals surface area contributed by atoms with Crippen LogP contribution in [0.4, 0.5) is 40.0 Å². The van der Waals surface area contributed by atoms with Crippen LogP contribution >= 0.6 is 0 Å². The number of rotatable bonds is 13. The summed E-state index contributed by atoms with van der Waals surface area (Å²) in [5.41, 5.74) is 5.01. The number of aliphatic hydroxyl groups excluding tert-OH is 1. The summed E-state index contributed by atoms with van der Waals surface area (Å²) in [5.74, 6) is -5.01. The first-order valence-corrected chi connectivity index (χ1v) is 18.9. The summed E-state index contributed by atoms with van der Waals surface area (Å²) in [6.07, 6.45) is -5.26. The van der Waals surface area contributed by atoms with Gasteiger partial charge in [0.25, 0.3) is 0 Å². The van der Waals surface area contributed by atoms with E-state index in [1.54, 1.807) is 66.7 Å². The number of pyridine rings is 1. The number of carbonyl (C=O) groups is 4. The third kappa shape index (κ3) is 11.2. The number of carbonyl (C=O) groups excluding carboxylic acids is 3. The Morgan fingerprint density at radius 1 is 0.881 bits per heavy atom. The number of imide groups is 1. The van der Waals surface area contributed by atoms with E-state index in [-0.39, 0.29) is 58.2 Å². The highest BCUT2D eigenvalue weighted by molar-refractivity contribution is 6.14. The Hall–Kier alpha value is -5.90. The van der Waals surface area contributed by atoms with Crippen molar-refractivity contribution in [1.29, 1.82) is 0 Å². The molecule has 1 unspecified atom stereocenters. The average molecular weight is 824 g/mol. The number of anilines is 3. The fourth-order valence-corrected chi connectivity index (χ4v) is 6.51. The number of aliphatic carboxylic acids is 1. The van der Waals surface area contributed by atoms with Crippen LogP contribution in [0.1, 0.15) is 101 Å². The van der Waals surface area contributed by atoms with Gasteiger partial charge in [0.2, 0.25) is 12.3 Å². The number of nitrogens with one attached hydrogen (secondary N) is 2. The van der Waals surface area contributed by atoms with Gasteiger partial charge in [0, 0.05) is 47.6 Å². The molecule has 1 aromatic heterocycles. The number of aromatic nitrogens is 1. The molecule has 13 nitrogen and oxygen atoms in total. The van der Waals surface area contributed by atoms with E-state index >= 15 is 4.39 Å². The van der Waals surface area contributed by atoms with Crippen LogP contribution in [0.3, 0.4) is 0 Å². The number of benzene rings is 3. The van der Waals surface area contributed by atoms with Crippen LogP contribution in [0.2, 0.25) is 0 Å². The molecule has 3 aromatic carbocycles. The zero-order valence-corrected chi connectivity index (χ0v) is 34.6. The fourth-order valence-electron chi connectivity index (χ4n) is 6.51. The van der Waals surface area contributed by atoms with Crippen molar-refractivity contribution in [2.75, 3.05) is 22.6 Å². The van der Waals surface area contributed by atoms with Crippen molar-refractivity contribution in [3.8, 4) is 0 Å². The van der Waals surface area contributed by atoms with Crippen molar-refractivity contribution in [3.05, 3.63) is 94.4 Å². The van der Waals surface area contributed by atoms with Gasteiger partial charge >= 0.3 is 18.2 Å². The van der Waals surface area contributed by atoms with Crippen LogP contribution in [-0.4, -0.2) is 63.5 Å². The molecule has 0 spiro atoms. The van der Waals surface area contributed by atoms with E-state index in [9.17, 15) is 38.2 Å². The minimum Gasteiger partial charge on any atom is -0.481 e. The van der Waals surface area contributed by atoms with Crippen molar-refractivity contribution in [2.24, 2.45) is 0 Å². The zero-order chi connectivity index (χ0) is 44.2. The summed E-state index contributed by atoms with van der Waals surface area (Å²) >= 11 is 0. The highest BCUT2D eigenvalue weighted by Crippen LogP contribution is 2.36. The van der Waals surface area contributed by atoms with E-state index in [1.807, 2.05) is 13.8 Å². The largest absolute Gasteiger partial charge is 0.481 e. The Morgan fingerprint density at radius 2 is 1.49 bits per heavy atom. The van der Waals surface area contributed by atoms with Gasteiger partial charge < -0.3 is 36.1 Å². The minimum absolute atomic E-state index is 0.0302. The summed E-state index contributed by atoms with van der Waals surface area (Å²) < 4.78 is 53.6. The Kier molecular flexibility index (Phi) is 13.9. The van der Waals surface area contributed by atoms with Crippen molar-refractivity contribution in [2.45, 2.75) is 110 Å². The Bertz CT molecular complexity index is 2190. The van der Waals surface area contributed by atoms with E-state index < -0.39 is 65.4 Å². The van der Waals surface area contributed by atoms with E-state index in [0.29, 0.717) is 10.5 Å². The van der Waals surface area contributed by atoms with Crippen LogP contribution < -0.4 is 21.3 Å². The molecule has 0 saturated carbocycles. The number of nitrogen functional groups attached to an aromatic ring is 1. The summed E-state index contributed by atoms with van der Waals surface area (Å²) in [7, 11) is 0. The number of carboxylic acid groups (broad SMARTS) is 1. The molecule has 4 rings (SSSR count). The molecular formula is C43H52F3N5O8. The Morgan fingerprint density at radius 3 is 2.03 bits per heavy atom. The first kappa shape index (κ1) is 45.8. The first-order chi connectivity index (χ1) is 27.3. The molecule has 59 heavy (non-hydrogen) atoms. The second kappa shape index (κ2) is 17.9.